The van der Waals surface area contributed by atoms with Crippen LogP contribution in [0.15, 0.2) is 12.1 Å². The average Bonchev–Trinajstić information content (AvgIpc) is 2.20. The molecule has 2 N–H and O–H groups in total. The van der Waals surface area contributed by atoms with Gasteiger partial charge in [-0.1, -0.05) is 6.92 Å². The number of hydrogen-bond acceptors (Lipinski definition) is 3. The highest BCUT2D eigenvalue weighted by molar-refractivity contribution is 5.64. The Kier molecular flexibility index (Phi) is 3.51. The molecule has 1 aromatic carbocycles. The SMILES string of the molecule is CCc1cc(N)c(CC=O)cc1OC. The van der Waals surface area contributed by atoms with E-state index < -0.39 is 0 Å². The number of nitrogens with two attached hydrogens (primary N) is 1. The van der Waals surface area contributed by atoms with Crippen LogP contribution in [0.5, 0.6) is 5.75 Å². The molecule has 0 unspecified atom stereocenters. The largest absolute Gasteiger partial charge is 0.496 e. The van der Waals surface area contributed by atoms with Gasteiger partial charge in [-0.3, -0.25) is 0 Å². The van der Waals surface area contributed by atoms with Crippen LogP contribution >= 0.6 is 0 Å². The van der Waals surface area contributed by atoms with Gasteiger partial charge in [0.15, 0.2) is 0 Å². The lowest BCUT2D eigenvalue weighted by Gasteiger charge is -2.10. The number of carbonyl (C=O) groups is 1. The summed E-state index contributed by atoms with van der Waals surface area (Å²) in [6, 6.07) is 3.71. The van der Waals surface area contributed by atoms with Crippen molar-refractivity contribution in [2.24, 2.45) is 0 Å². The van der Waals surface area contributed by atoms with E-state index in [0.29, 0.717) is 12.1 Å². The summed E-state index contributed by atoms with van der Waals surface area (Å²) in [7, 11) is 1.62. The van der Waals surface area contributed by atoms with Crippen LogP contribution in [0.1, 0.15) is 18.1 Å². The van der Waals surface area contributed by atoms with Crippen LogP contribution in [-0.4, -0.2) is 13.4 Å². The van der Waals surface area contributed by atoms with Gasteiger partial charge in [-0.25, -0.2) is 0 Å². The van der Waals surface area contributed by atoms with Gasteiger partial charge < -0.3 is 15.3 Å². The molecule has 0 atom stereocenters. The number of hydrogen-bond donors (Lipinski definition) is 1. The summed E-state index contributed by atoms with van der Waals surface area (Å²) in [4.78, 5) is 10.4. The predicted octanol–water partition coefficient (Wildman–Crippen LogP) is 1.58. The summed E-state index contributed by atoms with van der Waals surface area (Å²) in [5.74, 6) is 0.804. The Hall–Kier alpha value is -1.51. The third-order valence-electron chi connectivity index (χ3n) is 2.23. The molecule has 0 bridgehead atoms. The number of rotatable bonds is 4. The van der Waals surface area contributed by atoms with Crippen molar-refractivity contribution in [2.75, 3.05) is 12.8 Å². The van der Waals surface area contributed by atoms with Crippen molar-refractivity contribution in [1.82, 2.24) is 0 Å². The van der Waals surface area contributed by atoms with Crippen LogP contribution in [0.4, 0.5) is 5.69 Å². The molecule has 14 heavy (non-hydrogen) atoms. The van der Waals surface area contributed by atoms with Gasteiger partial charge in [0.25, 0.3) is 0 Å². The van der Waals surface area contributed by atoms with Gasteiger partial charge in [-0.05, 0) is 29.7 Å². The zero-order valence-electron chi connectivity index (χ0n) is 8.54. The molecule has 0 saturated heterocycles. The molecule has 0 heterocycles. The first-order valence-electron chi connectivity index (χ1n) is 4.61. The Morgan fingerprint density at radius 3 is 2.64 bits per heavy atom. The molecule has 1 rings (SSSR count). The summed E-state index contributed by atoms with van der Waals surface area (Å²) < 4.78 is 5.21. The van der Waals surface area contributed by atoms with Crippen LogP contribution in [0.25, 0.3) is 0 Å². The van der Waals surface area contributed by atoms with E-state index in [1.54, 1.807) is 7.11 Å². The second kappa shape index (κ2) is 4.65. The minimum atomic E-state index is 0.339. The smallest absolute Gasteiger partial charge is 0.124 e. The summed E-state index contributed by atoms with van der Waals surface area (Å²) in [5.41, 5.74) is 8.35. The second-order valence-corrected chi connectivity index (χ2v) is 3.09. The van der Waals surface area contributed by atoms with Crippen LogP contribution in [0.2, 0.25) is 0 Å². The van der Waals surface area contributed by atoms with E-state index in [9.17, 15) is 4.79 Å². The van der Waals surface area contributed by atoms with Gasteiger partial charge in [0.05, 0.1) is 7.11 Å². The van der Waals surface area contributed by atoms with Crippen molar-refractivity contribution < 1.29 is 9.53 Å². The molecule has 3 nitrogen and oxygen atoms in total. The number of nitrogen functional groups attached to an aromatic ring is 1. The van der Waals surface area contributed by atoms with E-state index in [4.69, 9.17) is 10.5 Å². The molecule has 0 amide bonds. The molecule has 76 valence electrons. The van der Waals surface area contributed by atoms with Gasteiger partial charge in [-0.15, -0.1) is 0 Å². The van der Waals surface area contributed by atoms with Crippen LogP contribution in [0, 0.1) is 0 Å². The minimum Gasteiger partial charge on any atom is -0.496 e. The summed E-state index contributed by atoms with van der Waals surface area (Å²) >= 11 is 0. The second-order valence-electron chi connectivity index (χ2n) is 3.09. The number of ether oxygens (including phenoxy) is 1. The fourth-order valence-corrected chi connectivity index (χ4v) is 1.42. The summed E-state index contributed by atoms with van der Waals surface area (Å²) in [6.45, 7) is 2.04. The van der Waals surface area contributed by atoms with Gasteiger partial charge in [-0.2, -0.15) is 0 Å². The molecule has 0 saturated carbocycles. The topological polar surface area (TPSA) is 52.3 Å². The van der Waals surface area contributed by atoms with Gasteiger partial charge in [0, 0.05) is 12.1 Å². The summed E-state index contributed by atoms with van der Waals surface area (Å²) in [6.07, 6.45) is 2.05. The first kappa shape index (κ1) is 10.6. The Bertz CT molecular complexity index is 334. The zero-order valence-corrected chi connectivity index (χ0v) is 8.54. The fraction of sp³-hybridized carbons (Fsp3) is 0.364. The lowest BCUT2D eigenvalue weighted by Crippen LogP contribution is -1.99. The van der Waals surface area contributed by atoms with Crippen LogP contribution in [0.3, 0.4) is 0 Å². The molecule has 0 fully saturated rings. The zero-order chi connectivity index (χ0) is 10.6. The number of methoxy groups -OCH3 is 1. The minimum absolute atomic E-state index is 0.339. The van der Waals surface area contributed by atoms with E-state index in [1.807, 2.05) is 19.1 Å². The van der Waals surface area contributed by atoms with E-state index >= 15 is 0 Å². The van der Waals surface area contributed by atoms with E-state index in [-0.39, 0.29) is 0 Å². The highest BCUT2D eigenvalue weighted by Crippen LogP contribution is 2.25. The standard InChI is InChI=1S/C11H15NO2/c1-3-8-6-10(12)9(4-5-13)7-11(8)14-2/h5-7H,3-4,12H2,1-2H3. The Morgan fingerprint density at radius 1 is 1.43 bits per heavy atom. The first-order valence-corrected chi connectivity index (χ1v) is 4.61. The predicted molar refractivity (Wildman–Crippen MR) is 56.6 cm³/mol. The highest BCUT2D eigenvalue weighted by atomic mass is 16.5. The normalized spacial score (nSPS) is 9.86. The molecule has 0 aliphatic rings. The van der Waals surface area contributed by atoms with Crippen LogP contribution in [-0.2, 0) is 17.6 Å². The molecule has 0 aliphatic heterocycles. The first-order chi connectivity index (χ1) is 6.72. The van der Waals surface area contributed by atoms with Crippen molar-refractivity contribution >= 4 is 12.0 Å². The molecule has 3 heteroatoms. The van der Waals surface area contributed by atoms with E-state index in [0.717, 1.165) is 29.6 Å². The Labute approximate surface area is 83.9 Å². The maximum absolute atomic E-state index is 10.4. The molecular formula is C11H15NO2. The monoisotopic (exact) mass is 193 g/mol. The van der Waals surface area contributed by atoms with Gasteiger partial charge in [0.1, 0.15) is 12.0 Å². The van der Waals surface area contributed by atoms with Crippen molar-refractivity contribution in [1.29, 1.82) is 0 Å². The maximum Gasteiger partial charge on any atom is 0.124 e. The van der Waals surface area contributed by atoms with Crippen molar-refractivity contribution in [3.63, 3.8) is 0 Å². The molecule has 0 spiro atoms. The lowest BCUT2D eigenvalue weighted by molar-refractivity contribution is -0.107. The highest BCUT2D eigenvalue weighted by Gasteiger charge is 2.06. The maximum atomic E-state index is 10.4. The summed E-state index contributed by atoms with van der Waals surface area (Å²) in [5, 5.41) is 0. The van der Waals surface area contributed by atoms with Crippen molar-refractivity contribution in [2.45, 2.75) is 19.8 Å². The van der Waals surface area contributed by atoms with Crippen molar-refractivity contribution in [3.8, 4) is 5.75 Å². The Balaban J connectivity index is 3.15. The van der Waals surface area contributed by atoms with Gasteiger partial charge >= 0.3 is 0 Å². The number of carbonyl (C=O) groups excluding carboxylic acids is 1. The number of aldehydes is 1. The number of anilines is 1. The molecule has 1 aromatic rings. The average molecular weight is 193 g/mol. The van der Waals surface area contributed by atoms with Crippen LogP contribution < -0.4 is 10.5 Å². The fourth-order valence-electron chi connectivity index (χ4n) is 1.42. The van der Waals surface area contributed by atoms with Gasteiger partial charge in [0.2, 0.25) is 0 Å². The third-order valence-corrected chi connectivity index (χ3v) is 2.23. The molecular weight excluding hydrogens is 178 g/mol. The van der Waals surface area contributed by atoms with E-state index in [2.05, 4.69) is 0 Å². The number of aryl methyl sites for hydroxylation is 1. The lowest BCUT2D eigenvalue weighted by atomic mass is 10.0. The molecule has 0 aliphatic carbocycles. The molecule has 0 aromatic heterocycles. The Morgan fingerprint density at radius 2 is 2.14 bits per heavy atom. The third kappa shape index (κ3) is 2.05. The molecule has 0 radical (unpaired) electrons. The number of benzene rings is 1. The van der Waals surface area contributed by atoms with E-state index in [1.165, 1.54) is 0 Å². The quantitative estimate of drug-likeness (QED) is 0.583. The van der Waals surface area contributed by atoms with Crippen molar-refractivity contribution in [3.05, 3.63) is 23.3 Å².